The molecule has 0 saturated carbocycles. The zero-order valence-electron chi connectivity index (χ0n) is 12.2. The Kier molecular flexibility index (Phi) is 4.38. The molecule has 0 aliphatic carbocycles. The lowest BCUT2D eigenvalue weighted by Crippen LogP contribution is -2.30. The summed E-state index contributed by atoms with van der Waals surface area (Å²) in [6.45, 7) is 10.7. The zero-order chi connectivity index (χ0) is 14.1. The first kappa shape index (κ1) is 15.0. The lowest BCUT2D eigenvalue weighted by molar-refractivity contribution is 0.199. The van der Waals surface area contributed by atoms with Gasteiger partial charge in [-0.05, 0) is 37.0 Å². The monoisotopic (exact) mass is 253 g/mol. The van der Waals surface area contributed by atoms with Crippen molar-refractivity contribution in [2.45, 2.75) is 40.7 Å². The molecular weight excluding hydrogens is 229 g/mol. The fourth-order valence-corrected chi connectivity index (χ4v) is 2.14. The summed E-state index contributed by atoms with van der Waals surface area (Å²) in [6, 6.07) is 3.25. The molecule has 0 aromatic heterocycles. The molecule has 0 fully saturated rings. The van der Waals surface area contributed by atoms with Gasteiger partial charge in [0, 0.05) is 24.8 Å². The van der Waals surface area contributed by atoms with Crippen molar-refractivity contribution in [2.24, 2.45) is 5.41 Å². The van der Waals surface area contributed by atoms with Gasteiger partial charge < -0.3 is 10.0 Å². The van der Waals surface area contributed by atoms with Crippen LogP contribution in [0.25, 0.3) is 0 Å². The van der Waals surface area contributed by atoms with Crippen LogP contribution in [0, 0.1) is 18.2 Å². The van der Waals surface area contributed by atoms with Crippen molar-refractivity contribution in [3.05, 3.63) is 29.1 Å². The second-order valence-corrected chi connectivity index (χ2v) is 6.25. The molecule has 0 spiro atoms. The molecule has 0 amide bonds. The second kappa shape index (κ2) is 5.27. The Morgan fingerprint density at radius 2 is 1.89 bits per heavy atom. The molecule has 0 heterocycles. The van der Waals surface area contributed by atoms with Crippen molar-refractivity contribution >= 4 is 5.69 Å². The maximum Gasteiger partial charge on any atom is 0.126 e. The highest BCUT2D eigenvalue weighted by Gasteiger charge is 2.19. The minimum absolute atomic E-state index is 0.146. The molecule has 0 saturated heterocycles. The molecule has 2 nitrogen and oxygen atoms in total. The van der Waals surface area contributed by atoms with Gasteiger partial charge in [-0.3, -0.25) is 0 Å². The van der Waals surface area contributed by atoms with E-state index < -0.39 is 6.10 Å². The predicted octanol–water partition coefficient (Wildman–Crippen LogP) is 3.67. The third-order valence-corrected chi connectivity index (χ3v) is 2.88. The standard InChI is InChI=1S/C15H24FNO/c1-10-7-14(17(6)9-15(3,4)5)12(11(2)18)8-13(10)16/h7-8,11,18H,9H2,1-6H3/t11-/m0/s1. The molecule has 102 valence electrons. The number of benzene rings is 1. The molecule has 18 heavy (non-hydrogen) atoms. The fraction of sp³-hybridized carbons (Fsp3) is 0.600. The number of anilines is 1. The maximum absolute atomic E-state index is 13.6. The molecule has 1 atom stereocenters. The number of halogens is 1. The molecule has 1 aromatic carbocycles. The van der Waals surface area contributed by atoms with Crippen LogP contribution >= 0.6 is 0 Å². The predicted molar refractivity (Wildman–Crippen MR) is 74.5 cm³/mol. The van der Waals surface area contributed by atoms with Gasteiger partial charge in [-0.25, -0.2) is 4.39 Å². The van der Waals surface area contributed by atoms with E-state index in [0.29, 0.717) is 11.1 Å². The van der Waals surface area contributed by atoms with Crippen molar-refractivity contribution in [1.82, 2.24) is 0 Å². The minimum Gasteiger partial charge on any atom is -0.389 e. The van der Waals surface area contributed by atoms with Crippen LogP contribution in [-0.4, -0.2) is 18.7 Å². The Balaban J connectivity index is 3.17. The average molecular weight is 253 g/mol. The number of hydrogen-bond acceptors (Lipinski definition) is 2. The summed E-state index contributed by atoms with van der Waals surface area (Å²) < 4.78 is 13.6. The Labute approximate surface area is 109 Å². The average Bonchev–Trinajstić information content (AvgIpc) is 2.18. The second-order valence-electron chi connectivity index (χ2n) is 6.25. The number of aryl methyl sites for hydroxylation is 1. The highest BCUT2D eigenvalue weighted by Crippen LogP contribution is 2.30. The lowest BCUT2D eigenvalue weighted by atomic mass is 9.95. The van der Waals surface area contributed by atoms with Crippen LogP contribution < -0.4 is 4.90 Å². The number of aliphatic hydroxyl groups excluding tert-OH is 1. The Hall–Kier alpha value is -1.09. The van der Waals surface area contributed by atoms with E-state index in [0.717, 1.165) is 12.2 Å². The third-order valence-electron chi connectivity index (χ3n) is 2.88. The lowest BCUT2D eigenvalue weighted by Gasteiger charge is -2.30. The number of rotatable bonds is 3. The molecule has 1 aromatic rings. The summed E-state index contributed by atoms with van der Waals surface area (Å²) in [6.07, 6.45) is -0.669. The van der Waals surface area contributed by atoms with Crippen LogP contribution in [0.3, 0.4) is 0 Å². The molecule has 0 radical (unpaired) electrons. The molecule has 1 rings (SSSR count). The molecular formula is C15H24FNO. The summed E-state index contributed by atoms with van der Waals surface area (Å²) in [5.74, 6) is -0.265. The van der Waals surface area contributed by atoms with Gasteiger partial charge in [0.1, 0.15) is 5.82 Å². The maximum atomic E-state index is 13.6. The van der Waals surface area contributed by atoms with Gasteiger partial charge in [-0.1, -0.05) is 20.8 Å². The zero-order valence-corrected chi connectivity index (χ0v) is 12.2. The van der Waals surface area contributed by atoms with Crippen LogP contribution in [0.4, 0.5) is 10.1 Å². The highest BCUT2D eigenvalue weighted by molar-refractivity contribution is 5.56. The van der Waals surface area contributed by atoms with Crippen LogP contribution in [0.1, 0.15) is 44.9 Å². The molecule has 0 bridgehead atoms. The van der Waals surface area contributed by atoms with Crippen molar-refractivity contribution in [3.63, 3.8) is 0 Å². The van der Waals surface area contributed by atoms with E-state index >= 15 is 0 Å². The summed E-state index contributed by atoms with van der Waals surface area (Å²) in [4.78, 5) is 2.08. The normalized spacial score (nSPS) is 13.6. The van der Waals surface area contributed by atoms with E-state index in [-0.39, 0.29) is 11.2 Å². The highest BCUT2D eigenvalue weighted by atomic mass is 19.1. The first-order chi connectivity index (χ1) is 8.11. The molecule has 1 N–H and O–H groups in total. The quantitative estimate of drug-likeness (QED) is 0.888. The van der Waals surface area contributed by atoms with Crippen molar-refractivity contribution < 1.29 is 9.50 Å². The SMILES string of the molecule is Cc1cc(N(C)CC(C)(C)C)c([C@H](C)O)cc1F. The van der Waals surface area contributed by atoms with E-state index in [1.54, 1.807) is 13.8 Å². The summed E-state index contributed by atoms with van der Waals surface area (Å²) >= 11 is 0. The van der Waals surface area contributed by atoms with E-state index in [1.165, 1.54) is 6.07 Å². The van der Waals surface area contributed by atoms with Crippen LogP contribution in [-0.2, 0) is 0 Å². The number of aliphatic hydroxyl groups is 1. The molecule has 3 heteroatoms. The van der Waals surface area contributed by atoms with E-state index in [4.69, 9.17) is 0 Å². The van der Waals surface area contributed by atoms with E-state index in [9.17, 15) is 9.50 Å². The Bertz CT molecular complexity index is 421. The van der Waals surface area contributed by atoms with Crippen molar-refractivity contribution in [3.8, 4) is 0 Å². The molecule has 0 unspecified atom stereocenters. The van der Waals surface area contributed by atoms with Gasteiger partial charge in [0.05, 0.1) is 6.10 Å². The Morgan fingerprint density at radius 3 is 2.33 bits per heavy atom. The van der Waals surface area contributed by atoms with Gasteiger partial charge in [0.15, 0.2) is 0 Å². The molecule has 0 aliphatic heterocycles. The van der Waals surface area contributed by atoms with Crippen molar-refractivity contribution in [2.75, 3.05) is 18.5 Å². The van der Waals surface area contributed by atoms with Crippen molar-refractivity contribution in [1.29, 1.82) is 0 Å². The van der Waals surface area contributed by atoms with E-state index in [1.807, 2.05) is 13.1 Å². The largest absolute Gasteiger partial charge is 0.389 e. The first-order valence-corrected chi connectivity index (χ1v) is 6.31. The van der Waals surface area contributed by atoms with Gasteiger partial charge in [-0.2, -0.15) is 0 Å². The topological polar surface area (TPSA) is 23.5 Å². The smallest absolute Gasteiger partial charge is 0.126 e. The minimum atomic E-state index is -0.669. The van der Waals surface area contributed by atoms with Crippen LogP contribution in [0.15, 0.2) is 12.1 Å². The summed E-state index contributed by atoms with van der Waals surface area (Å²) in [5, 5.41) is 9.77. The van der Waals surface area contributed by atoms with Gasteiger partial charge in [0.25, 0.3) is 0 Å². The van der Waals surface area contributed by atoms with E-state index in [2.05, 4.69) is 25.7 Å². The number of nitrogens with zero attached hydrogens (tertiary/aromatic N) is 1. The van der Waals surface area contributed by atoms with Crippen LogP contribution in [0.2, 0.25) is 0 Å². The van der Waals surface area contributed by atoms with Gasteiger partial charge in [-0.15, -0.1) is 0 Å². The Morgan fingerprint density at radius 1 is 1.33 bits per heavy atom. The summed E-state index contributed by atoms with van der Waals surface area (Å²) in [5.41, 5.74) is 2.30. The third kappa shape index (κ3) is 3.70. The summed E-state index contributed by atoms with van der Waals surface area (Å²) in [7, 11) is 1.98. The molecule has 0 aliphatic rings. The first-order valence-electron chi connectivity index (χ1n) is 6.31. The number of hydrogen-bond donors (Lipinski definition) is 1. The van der Waals surface area contributed by atoms with Gasteiger partial charge >= 0.3 is 0 Å². The fourth-order valence-electron chi connectivity index (χ4n) is 2.14. The van der Waals surface area contributed by atoms with Crippen LogP contribution in [0.5, 0.6) is 0 Å². The van der Waals surface area contributed by atoms with Gasteiger partial charge in [0.2, 0.25) is 0 Å².